The van der Waals surface area contributed by atoms with Crippen molar-refractivity contribution in [2.75, 3.05) is 0 Å². The minimum Gasteiger partial charge on any atom is -0.429 e. The predicted molar refractivity (Wildman–Crippen MR) is 91.8 cm³/mol. The molecule has 0 saturated carbocycles. The molecule has 0 amide bonds. The van der Waals surface area contributed by atoms with Gasteiger partial charge in [-0.1, -0.05) is 0 Å². The maximum atomic E-state index is 11.2. The molecule has 0 heterocycles. The van der Waals surface area contributed by atoms with Crippen LogP contribution in [0.4, 0.5) is 9.59 Å². The van der Waals surface area contributed by atoms with Crippen LogP contribution in [0, 0.1) is 5.41 Å². The first-order valence-electron chi connectivity index (χ1n) is 8.20. The van der Waals surface area contributed by atoms with Gasteiger partial charge in [-0.05, 0) is 69.2 Å². The molecule has 0 spiro atoms. The molecule has 0 unspecified atom stereocenters. The van der Waals surface area contributed by atoms with Crippen LogP contribution in [-0.4, -0.2) is 36.1 Å². The van der Waals surface area contributed by atoms with E-state index in [4.69, 9.17) is 4.89 Å². The van der Waals surface area contributed by atoms with Gasteiger partial charge in [-0.15, -0.1) is 0 Å². The van der Waals surface area contributed by atoms with Crippen molar-refractivity contribution in [3.63, 3.8) is 0 Å². The van der Waals surface area contributed by atoms with Crippen molar-refractivity contribution in [2.24, 2.45) is 5.41 Å². The first-order valence-corrected chi connectivity index (χ1v) is 8.20. The van der Waals surface area contributed by atoms with Gasteiger partial charge < -0.3 is 9.47 Å². The van der Waals surface area contributed by atoms with Crippen LogP contribution in [0.5, 0.6) is 0 Å². The van der Waals surface area contributed by atoms with Gasteiger partial charge in [0.25, 0.3) is 0 Å². The van der Waals surface area contributed by atoms with Crippen LogP contribution in [0.1, 0.15) is 69.2 Å². The van der Waals surface area contributed by atoms with Crippen molar-refractivity contribution in [3.05, 3.63) is 0 Å². The lowest BCUT2D eigenvalue weighted by Crippen LogP contribution is -2.28. The van der Waals surface area contributed by atoms with Crippen LogP contribution in [0.3, 0.4) is 0 Å². The molecule has 9 nitrogen and oxygen atoms in total. The summed E-state index contributed by atoms with van der Waals surface area (Å²) in [7, 11) is 0. The average Bonchev–Trinajstić information content (AvgIpc) is 2.40. The van der Waals surface area contributed by atoms with Crippen molar-refractivity contribution in [2.45, 2.75) is 87.0 Å². The molecule has 0 atom stereocenters. The number of rotatable bonds is 3. The van der Waals surface area contributed by atoms with Gasteiger partial charge in [0.05, 0.1) is 17.6 Å². The van der Waals surface area contributed by atoms with E-state index in [-0.39, 0.29) is 18.2 Å². The van der Waals surface area contributed by atoms with Gasteiger partial charge in [-0.25, -0.2) is 4.79 Å². The van der Waals surface area contributed by atoms with Gasteiger partial charge in [0.15, 0.2) is 0 Å². The summed E-state index contributed by atoms with van der Waals surface area (Å²) in [6, 6.07) is 0. The second-order valence-corrected chi connectivity index (χ2v) is 7.82. The van der Waals surface area contributed by atoms with Crippen molar-refractivity contribution in [1.29, 1.82) is 0 Å². The Bertz CT molecular complexity index is 420. The Morgan fingerprint density at radius 1 is 0.654 bits per heavy atom. The van der Waals surface area contributed by atoms with Gasteiger partial charge in [0.1, 0.15) is 5.60 Å². The monoisotopic (exact) mass is 380 g/mol. The molecule has 0 aromatic carbocycles. The fourth-order valence-corrected chi connectivity index (χ4v) is 0.780. The summed E-state index contributed by atoms with van der Waals surface area (Å²) in [5, 5.41) is 0. The molecule has 0 N–H and O–H groups in total. The zero-order chi connectivity index (χ0) is 21.1. The third kappa shape index (κ3) is 18.3. The van der Waals surface area contributed by atoms with Gasteiger partial charge in [-0.2, -0.15) is 24.3 Å². The smallest absolute Gasteiger partial charge is 0.429 e. The second-order valence-electron chi connectivity index (χ2n) is 7.82. The van der Waals surface area contributed by atoms with Crippen molar-refractivity contribution in [1.82, 2.24) is 0 Å². The van der Waals surface area contributed by atoms with Crippen LogP contribution in [-0.2, 0) is 33.8 Å². The number of ether oxygens (including phenoxy) is 2. The minimum atomic E-state index is -1.08. The lowest BCUT2D eigenvalue weighted by atomic mass is 9.98. The summed E-state index contributed by atoms with van der Waals surface area (Å²) in [4.78, 5) is 50.0. The van der Waals surface area contributed by atoms with Gasteiger partial charge in [0, 0.05) is 0 Å². The van der Waals surface area contributed by atoms with Crippen LogP contribution in [0.2, 0.25) is 0 Å². The highest BCUT2D eigenvalue weighted by molar-refractivity contribution is 5.74. The Labute approximate surface area is 155 Å². The fraction of sp³-hybridized carbons (Fsp3) is 0.824. The molecular weight excluding hydrogens is 348 g/mol. The molecule has 0 bridgehead atoms. The molecule has 0 aromatic rings. The number of carbonyl (C=O) groups is 3. The molecule has 26 heavy (non-hydrogen) atoms. The van der Waals surface area contributed by atoms with Crippen LogP contribution in [0.25, 0.3) is 0 Å². The lowest BCUT2D eigenvalue weighted by Gasteiger charge is -2.20. The number of hydrogen-bond acceptors (Lipinski definition) is 9. The van der Waals surface area contributed by atoms with Gasteiger partial charge in [-0.3, -0.25) is 4.89 Å². The van der Waals surface area contributed by atoms with E-state index in [0.717, 1.165) is 0 Å². The Kier molecular flexibility index (Phi) is 11.6. The Balaban J connectivity index is 0. The Hall–Kier alpha value is -2.03. The maximum absolute atomic E-state index is 11.2. The standard InChI is InChI=1S/C9H18O3.C8H14O6/c1-8(2,3)7(10)11-12-9(4,5)6;1-5(2)11-7(9)13-14-8(10)12-6(3)4/h1-6H3;5-6H,1-4H3. The van der Waals surface area contributed by atoms with Crippen molar-refractivity contribution >= 4 is 18.3 Å². The van der Waals surface area contributed by atoms with E-state index in [1.54, 1.807) is 48.5 Å². The third-order valence-electron chi connectivity index (χ3n) is 1.82. The summed E-state index contributed by atoms with van der Waals surface area (Å²) in [5.74, 6) is -0.350. The zero-order valence-electron chi connectivity index (χ0n) is 17.3. The van der Waals surface area contributed by atoms with E-state index in [9.17, 15) is 14.4 Å². The normalized spacial score (nSPS) is 11.2. The largest absolute Gasteiger partial charge is 0.550 e. The van der Waals surface area contributed by atoms with Crippen molar-refractivity contribution in [3.8, 4) is 0 Å². The molecular formula is C17H32O9. The Morgan fingerprint density at radius 3 is 1.23 bits per heavy atom. The minimum absolute atomic E-state index is 0.341. The average molecular weight is 380 g/mol. The topological polar surface area (TPSA) is 107 Å². The third-order valence-corrected chi connectivity index (χ3v) is 1.82. The van der Waals surface area contributed by atoms with E-state index in [0.29, 0.717) is 0 Å². The second kappa shape index (κ2) is 11.6. The van der Waals surface area contributed by atoms with E-state index in [1.165, 1.54) is 0 Å². The highest BCUT2D eigenvalue weighted by Gasteiger charge is 2.26. The Morgan fingerprint density at radius 2 is 1.00 bits per heavy atom. The first-order chi connectivity index (χ1) is 11.5. The molecule has 9 heteroatoms. The SMILES string of the molecule is CC(C)(C)OOC(=O)C(C)(C)C.CC(C)OC(=O)OOC(=O)OC(C)C. The van der Waals surface area contributed by atoms with E-state index in [2.05, 4.69) is 24.1 Å². The summed E-state index contributed by atoms with van der Waals surface area (Å²) in [6.45, 7) is 17.3. The molecule has 0 aromatic heterocycles. The van der Waals surface area contributed by atoms with E-state index >= 15 is 0 Å². The molecule has 0 fully saturated rings. The highest BCUT2D eigenvalue weighted by Crippen LogP contribution is 2.17. The van der Waals surface area contributed by atoms with E-state index in [1.807, 2.05) is 20.8 Å². The number of hydrogen-bond donors (Lipinski definition) is 0. The molecule has 0 radical (unpaired) electrons. The van der Waals surface area contributed by atoms with Crippen LogP contribution >= 0.6 is 0 Å². The molecule has 0 rings (SSSR count). The number of carbonyl (C=O) groups excluding carboxylic acids is 3. The molecule has 154 valence electrons. The summed E-state index contributed by atoms with van der Waals surface area (Å²) >= 11 is 0. The summed E-state index contributed by atoms with van der Waals surface area (Å²) < 4.78 is 9.02. The van der Waals surface area contributed by atoms with Gasteiger partial charge >= 0.3 is 18.3 Å². The zero-order valence-corrected chi connectivity index (χ0v) is 17.3. The van der Waals surface area contributed by atoms with Crippen LogP contribution < -0.4 is 0 Å². The van der Waals surface area contributed by atoms with Gasteiger partial charge in [0.2, 0.25) is 0 Å². The molecule has 0 aliphatic rings. The fourth-order valence-electron chi connectivity index (χ4n) is 0.780. The highest BCUT2D eigenvalue weighted by atomic mass is 17.3. The lowest BCUT2D eigenvalue weighted by molar-refractivity contribution is -0.325. The first kappa shape index (κ1) is 26.2. The maximum Gasteiger partial charge on any atom is 0.550 e. The summed E-state index contributed by atoms with van der Waals surface area (Å²) in [6.07, 6.45) is -2.85. The predicted octanol–water partition coefficient (Wildman–Crippen LogP) is 4.33. The quantitative estimate of drug-likeness (QED) is 0.401. The summed E-state index contributed by atoms with van der Waals surface area (Å²) in [5.41, 5.74) is -0.952. The van der Waals surface area contributed by atoms with Crippen molar-refractivity contribution < 1.29 is 43.4 Å². The molecule has 0 saturated heterocycles. The van der Waals surface area contributed by atoms with E-state index < -0.39 is 23.3 Å². The van der Waals surface area contributed by atoms with Crippen LogP contribution in [0.15, 0.2) is 0 Å². The molecule has 0 aliphatic carbocycles. The molecule has 0 aliphatic heterocycles.